The maximum absolute atomic E-state index is 6.42. The maximum Gasteiger partial charge on any atom is 0.168 e. The van der Waals surface area contributed by atoms with E-state index < -0.39 is 0 Å². The highest BCUT2D eigenvalue weighted by molar-refractivity contribution is 8.07. The van der Waals surface area contributed by atoms with Crippen LogP contribution in [0.1, 0.15) is 25.7 Å². The molecule has 4 unspecified atom stereocenters. The van der Waals surface area contributed by atoms with Crippen molar-refractivity contribution in [1.29, 1.82) is 0 Å². The zero-order valence-corrected chi connectivity index (χ0v) is 15.6. The SMILES string of the molecule is C(CC(CCC1CS1)(OCC1CS1)OCC1CS1)C1CS1. The Morgan fingerprint density at radius 3 is 1.38 bits per heavy atom. The van der Waals surface area contributed by atoms with Crippen molar-refractivity contribution in [2.75, 3.05) is 36.2 Å². The van der Waals surface area contributed by atoms with Gasteiger partial charge in [0.25, 0.3) is 0 Å². The molecule has 21 heavy (non-hydrogen) atoms. The minimum absolute atomic E-state index is 0.265. The van der Waals surface area contributed by atoms with Crippen LogP contribution in [-0.4, -0.2) is 63.0 Å². The summed E-state index contributed by atoms with van der Waals surface area (Å²) < 4.78 is 12.8. The van der Waals surface area contributed by atoms with E-state index in [2.05, 4.69) is 23.5 Å². The van der Waals surface area contributed by atoms with Gasteiger partial charge < -0.3 is 9.47 Å². The summed E-state index contributed by atoms with van der Waals surface area (Å²) in [5.41, 5.74) is 0. The Morgan fingerprint density at radius 2 is 1.05 bits per heavy atom. The molecule has 6 heteroatoms. The lowest BCUT2D eigenvalue weighted by molar-refractivity contribution is -0.243. The van der Waals surface area contributed by atoms with Crippen LogP contribution in [0.2, 0.25) is 0 Å². The fourth-order valence-corrected chi connectivity index (χ4v) is 4.47. The average molecular weight is 365 g/mol. The van der Waals surface area contributed by atoms with E-state index in [9.17, 15) is 0 Å². The third-order valence-corrected chi connectivity index (χ3v) is 8.33. The van der Waals surface area contributed by atoms with Crippen molar-refractivity contribution < 1.29 is 9.47 Å². The smallest absolute Gasteiger partial charge is 0.168 e. The van der Waals surface area contributed by atoms with Gasteiger partial charge >= 0.3 is 0 Å². The fourth-order valence-electron chi connectivity index (χ4n) is 2.50. The monoisotopic (exact) mass is 364 g/mol. The third kappa shape index (κ3) is 5.71. The highest BCUT2D eigenvalue weighted by Crippen LogP contribution is 2.43. The predicted octanol–water partition coefficient (Wildman–Crippen LogP) is 3.74. The Morgan fingerprint density at radius 1 is 0.667 bits per heavy atom. The topological polar surface area (TPSA) is 18.5 Å². The Balaban J connectivity index is 1.34. The second-order valence-corrected chi connectivity index (χ2v) is 11.8. The van der Waals surface area contributed by atoms with Crippen LogP contribution < -0.4 is 0 Å². The molecule has 4 saturated heterocycles. The molecule has 4 aliphatic heterocycles. The Kier molecular flexibility index (Phi) is 5.32. The van der Waals surface area contributed by atoms with Crippen LogP contribution in [0.3, 0.4) is 0 Å². The van der Waals surface area contributed by atoms with Crippen LogP contribution >= 0.6 is 47.0 Å². The molecule has 0 aromatic heterocycles. The lowest BCUT2D eigenvalue weighted by atomic mass is 10.0. The lowest BCUT2D eigenvalue weighted by Crippen LogP contribution is -2.39. The van der Waals surface area contributed by atoms with Crippen molar-refractivity contribution in [3.8, 4) is 0 Å². The van der Waals surface area contributed by atoms with Crippen molar-refractivity contribution in [2.45, 2.75) is 52.5 Å². The number of hydrogen-bond donors (Lipinski definition) is 0. The standard InChI is InChI=1S/C15H24O2S4/c1(11-7-18-11)3-15(4-2-12-8-19-12,16-5-13-9-20-13)17-6-14-10-21-14/h11-14H,1-10H2. The first-order chi connectivity index (χ1) is 10.3. The summed E-state index contributed by atoms with van der Waals surface area (Å²) in [6.45, 7) is 1.80. The molecule has 0 aliphatic carbocycles. The van der Waals surface area contributed by atoms with Crippen LogP contribution in [-0.2, 0) is 9.47 Å². The van der Waals surface area contributed by atoms with Gasteiger partial charge in [0, 0.05) is 56.9 Å². The van der Waals surface area contributed by atoms with Gasteiger partial charge in [0.1, 0.15) is 0 Å². The summed E-state index contributed by atoms with van der Waals surface area (Å²) in [6, 6.07) is 0. The minimum atomic E-state index is -0.265. The first kappa shape index (κ1) is 15.8. The predicted molar refractivity (Wildman–Crippen MR) is 98.1 cm³/mol. The van der Waals surface area contributed by atoms with E-state index in [1.165, 1.54) is 35.9 Å². The van der Waals surface area contributed by atoms with Crippen molar-refractivity contribution >= 4 is 47.0 Å². The van der Waals surface area contributed by atoms with E-state index in [1.807, 2.05) is 23.5 Å². The molecule has 4 rings (SSSR count). The summed E-state index contributed by atoms with van der Waals surface area (Å²) in [4.78, 5) is 0. The van der Waals surface area contributed by atoms with Gasteiger partial charge in [0.2, 0.25) is 0 Å². The molecule has 0 bridgehead atoms. The summed E-state index contributed by atoms with van der Waals surface area (Å²) in [5, 5.41) is 3.26. The zero-order chi connectivity index (χ0) is 14.1. The van der Waals surface area contributed by atoms with E-state index in [0.717, 1.165) is 47.1 Å². The third-order valence-electron chi connectivity index (χ3n) is 4.37. The van der Waals surface area contributed by atoms with Crippen LogP contribution in [0.15, 0.2) is 0 Å². The number of rotatable bonds is 12. The van der Waals surface area contributed by atoms with Gasteiger partial charge in [-0.15, -0.1) is 0 Å². The zero-order valence-electron chi connectivity index (χ0n) is 12.3. The van der Waals surface area contributed by atoms with Crippen LogP contribution in [0.25, 0.3) is 0 Å². The molecule has 0 saturated carbocycles. The first-order valence-electron chi connectivity index (χ1n) is 8.06. The summed E-state index contributed by atoms with van der Waals surface area (Å²) in [5.74, 6) is 5.01. The van der Waals surface area contributed by atoms with Crippen LogP contribution in [0.4, 0.5) is 0 Å². The molecular weight excluding hydrogens is 340 g/mol. The number of hydrogen-bond acceptors (Lipinski definition) is 6. The van der Waals surface area contributed by atoms with Gasteiger partial charge in [0.05, 0.1) is 13.2 Å². The summed E-state index contributed by atoms with van der Waals surface area (Å²) in [7, 11) is 0. The van der Waals surface area contributed by atoms with Gasteiger partial charge in [-0.25, -0.2) is 0 Å². The van der Waals surface area contributed by atoms with Crippen LogP contribution in [0, 0.1) is 0 Å². The largest absolute Gasteiger partial charge is 0.349 e. The first-order valence-corrected chi connectivity index (χ1v) is 12.3. The Labute approximate surface area is 145 Å². The normalized spacial score (nSPS) is 38.9. The maximum atomic E-state index is 6.42. The van der Waals surface area contributed by atoms with Gasteiger partial charge in [-0.3, -0.25) is 0 Å². The Bertz CT molecular complexity index is 282. The quantitative estimate of drug-likeness (QED) is 0.385. The highest BCUT2D eigenvalue weighted by atomic mass is 32.2. The number of thioether (sulfide) groups is 4. The molecule has 0 spiro atoms. The van der Waals surface area contributed by atoms with E-state index in [4.69, 9.17) is 9.47 Å². The molecule has 120 valence electrons. The lowest BCUT2D eigenvalue weighted by Gasteiger charge is -2.34. The fraction of sp³-hybridized carbons (Fsp3) is 1.00. The second-order valence-electron chi connectivity index (χ2n) is 6.43. The molecule has 0 aromatic rings. The van der Waals surface area contributed by atoms with E-state index in [-0.39, 0.29) is 5.79 Å². The molecule has 4 aliphatic rings. The van der Waals surface area contributed by atoms with E-state index >= 15 is 0 Å². The molecule has 4 atom stereocenters. The van der Waals surface area contributed by atoms with Crippen molar-refractivity contribution in [3.05, 3.63) is 0 Å². The molecule has 2 nitrogen and oxygen atoms in total. The minimum Gasteiger partial charge on any atom is -0.349 e. The molecule has 4 fully saturated rings. The molecule has 0 amide bonds. The second kappa shape index (κ2) is 7.06. The van der Waals surface area contributed by atoms with E-state index in [0.29, 0.717) is 0 Å². The van der Waals surface area contributed by atoms with Gasteiger partial charge in [-0.2, -0.15) is 47.0 Å². The molecule has 4 heterocycles. The molecule has 0 radical (unpaired) electrons. The van der Waals surface area contributed by atoms with Gasteiger partial charge in [0.15, 0.2) is 5.79 Å². The van der Waals surface area contributed by atoms with Crippen LogP contribution in [0.5, 0.6) is 0 Å². The average Bonchev–Trinajstić information content (AvgIpc) is 3.39. The van der Waals surface area contributed by atoms with E-state index in [1.54, 1.807) is 0 Å². The van der Waals surface area contributed by atoms with Crippen molar-refractivity contribution in [1.82, 2.24) is 0 Å². The Hall–Kier alpha value is 1.32. The summed E-state index contributed by atoms with van der Waals surface area (Å²) >= 11 is 8.24. The van der Waals surface area contributed by atoms with Gasteiger partial charge in [-0.1, -0.05) is 0 Å². The molecule has 0 N–H and O–H groups in total. The molecular formula is C15H24O2S4. The van der Waals surface area contributed by atoms with Crippen molar-refractivity contribution in [2.24, 2.45) is 0 Å². The van der Waals surface area contributed by atoms with Crippen molar-refractivity contribution in [3.63, 3.8) is 0 Å². The highest BCUT2D eigenvalue weighted by Gasteiger charge is 2.40. The molecule has 0 aromatic carbocycles. The van der Waals surface area contributed by atoms with Gasteiger partial charge in [-0.05, 0) is 12.8 Å². The summed E-state index contributed by atoms with van der Waals surface area (Å²) in [6.07, 6.45) is 4.77. The number of ether oxygens (including phenoxy) is 2.